The van der Waals surface area contributed by atoms with Crippen molar-refractivity contribution in [1.29, 1.82) is 0 Å². The number of aromatic nitrogens is 3. The van der Waals surface area contributed by atoms with Crippen molar-refractivity contribution >= 4 is 5.65 Å². The molecule has 1 saturated carbocycles. The molecule has 0 bridgehead atoms. The van der Waals surface area contributed by atoms with Gasteiger partial charge in [-0.3, -0.25) is 0 Å². The zero-order chi connectivity index (χ0) is 10.3. The Morgan fingerprint density at radius 1 is 1.47 bits per heavy atom. The maximum absolute atomic E-state index is 5.15. The summed E-state index contributed by atoms with van der Waals surface area (Å²) in [6.07, 6.45) is 5.66. The Bertz CT molecular complexity index is 488. The van der Waals surface area contributed by atoms with Crippen LogP contribution in [-0.4, -0.2) is 21.7 Å². The van der Waals surface area contributed by atoms with E-state index in [9.17, 15) is 0 Å². The van der Waals surface area contributed by atoms with E-state index in [2.05, 4.69) is 10.1 Å². The molecule has 0 amide bonds. The van der Waals surface area contributed by atoms with Crippen LogP contribution < -0.4 is 4.74 Å². The fraction of sp³-hybridized carbons (Fsp3) is 0.455. The molecule has 0 N–H and O–H groups in total. The van der Waals surface area contributed by atoms with Gasteiger partial charge in [0.05, 0.1) is 7.11 Å². The first-order valence-corrected chi connectivity index (χ1v) is 5.27. The fourth-order valence-corrected chi connectivity index (χ4v) is 1.85. The molecule has 0 aliphatic heterocycles. The minimum Gasteiger partial charge on any atom is -0.497 e. The molecule has 15 heavy (non-hydrogen) atoms. The van der Waals surface area contributed by atoms with Crippen molar-refractivity contribution in [1.82, 2.24) is 14.6 Å². The molecule has 0 saturated heterocycles. The summed E-state index contributed by atoms with van der Waals surface area (Å²) >= 11 is 0. The molecule has 0 aromatic carbocycles. The van der Waals surface area contributed by atoms with Crippen LogP contribution in [0.15, 0.2) is 18.3 Å². The normalized spacial score (nSPS) is 16.6. The number of hydrogen-bond acceptors (Lipinski definition) is 3. The van der Waals surface area contributed by atoms with E-state index in [4.69, 9.17) is 4.74 Å². The molecule has 1 aliphatic rings. The quantitative estimate of drug-likeness (QED) is 0.749. The van der Waals surface area contributed by atoms with Gasteiger partial charge in [-0.2, -0.15) is 5.10 Å². The molecule has 0 unspecified atom stereocenters. The molecule has 0 atom stereocenters. The molecule has 1 aliphatic carbocycles. The van der Waals surface area contributed by atoms with Crippen LogP contribution in [0.1, 0.15) is 31.0 Å². The van der Waals surface area contributed by atoms with E-state index in [1.54, 1.807) is 7.11 Å². The zero-order valence-corrected chi connectivity index (χ0v) is 8.68. The van der Waals surface area contributed by atoms with E-state index in [1.807, 2.05) is 22.8 Å². The van der Waals surface area contributed by atoms with Crippen LogP contribution in [0.25, 0.3) is 5.65 Å². The standard InChI is InChI=1S/C11H13N3O/c1-15-9-5-6-14-10(7-9)12-11(13-14)8-3-2-4-8/h5-8H,2-4H2,1H3. The summed E-state index contributed by atoms with van der Waals surface area (Å²) in [7, 11) is 1.66. The van der Waals surface area contributed by atoms with Crippen LogP contribution in [0, 0.1) is 0 Å². The van der Waals surface area contributed by atoms with Gasteiger partial charge < -0.3 is 4.74 Å². The highest BCUT2D eigenvalue weighted by molar-refractivity contribution is 5.43. The van der Waals surface area contributed by atoms with Crippen molar-refractivity contribution < 1.29 is 4.74 Å². The Hall–Kier alpha value is -1.58. The average molecular weight is 203 g/mol. The number of rotatable bonds is 2. The Balaban J connectivity index is 2.04. The van der Waals surface area contributed by atoms with Crippen molar-refractivity contribution in [2.45, 2.75) is 25.2 Å². The Morgan fingerprint density at radius 3 is 3.00 bits per heavy atom. The second kappa shape index (κ2) is 3.22. The maximum atomic E-state index is 5.15. The van der Waals surface area contributed by atoms with Gasteiger partial charge in [-0.15, -0.1) is 0 Å². The molecular weight excluding hydrogens is 190 g/mol. The lowest BCUT2D eigenvalue weighted by Crippen LogP contribution is -2.10. The van der Waals surface area contributed by atoms with Gasteiger partial charge in [-0.05, 0) is 18.9 Å². The fourth-order valence-electron chi connectivity index (χ4n) is 1.85. The van der Waals surface area contributed by atoms with Crippen molar-refractivity contribution in [3.63, 3.8) is 0 Å². The van der Waals surface area contributed by atoms with Gasteiger partial charge in [-0.25, -0.2) is 9.50 Å². The molecule has 1 fully saturated rings. The van der Waals surface area contributed by atoms with Crippen LogP contribution >= 0.6 is 0 Å². The first-order valence-electron chi connectivity index (χ1n) is 5.27. The van der Waals surface area contributed by atoms with Gasteiger partial charge in [0.2, 0.25) is 0 Å². The Kier molecular flexibility index (Phi) is 1.87. The lowest BCUT2D eigenvalue weighted by Gasteiger charge is -2.21. The van der Waals surface area contributed by atoms with Crippen LogP contribution in [0.3, 0.4) is 0 Å². The van der Waals surface area contributed by atoms with Gasteiger partial charge in [0, 0.05) is 18.2 Å². The van der Waals surface area contributed by atoms with E-state index in [0.717, 1.165) is 17.2 Å². The van der Waals surface area contributed by atoms with E-state index in [0.29, 0.717) is 5.92 Å². The van der Waals surface area contributed by atoms with E-state index >= 15 is 0 Å². The second-order valence-electron chi connectivity index (χ2n) is 3.97. The molecule has 2 heterocycles. The summed E-state index contributed by atoms with van der Waals surface area (Å²) in [4.78, 5) is 4.52. The van der Waals surface area contributed by atoms with E-state index < -0.39 is 0 Å². The largest absolute Gasteiger partial charge is 0.497 e. The minimum absolute atomic E-state index is 0.580. The summed E-state index contributed by atoms with van der Waals surface area (Å²) in [5.74, 6) is 2.39. The van der Waals surface area contributed by atoms with Crippen LogP contribution in [0.5, 0.6) is 5.75 Å². The summed E-state index contributed by atoms with van der Waals surface area (Å²) < 4.78 is 6.97. The number of nitrogens with zero attached hydrogens (tertiary/aromatic N) is 3. The maximum Gasteiger partial charge on any atom is 0.159 e. The lowest BCUT2D eigenvalue weighted by molar-refractivity contribution is 0.402. The summed E-state index contributed by atoms with van der Waals surface area (Å²) in [5.41, 5.74) is 0.872. The molecule has 78 valence electrons. The predicted octanol–water partition coefficient (Wildman–Crippen LogP) is 2.01. The summed E-state index contributed by atoms with van der Waals surface area (Å²) in [5, 5.41) is 4.46. The highest BCUT2D eigenvalue weighted by Gasteiger charge is 2.23. The van der Waals surface area contributed by atoms with Crippen molar-refractivity contribution in [3.8, 4) is 5.75 Å². The van der Waals surface area contributed by atoms with Crippen molar-refractivity contribution in [2.24, 2.45) is 0 Å². The molecule has 4 nitrogen and oxygen atoms in total. The third-order valence-electron chi connectivity index (χ3n) is 3.03. The van der Waals surface area contributed by atoms with Gasteiger partial charge in [-0.1, -0.05) is 6.42 Å². The number of hydrogen-bond donors (Lipinski definition) is 0. The topological polar surface area (TPSA) is 39.4 Å². The third kappa shape index (κ3) is 1.37. The lowest BCUT2D eigenvalue weighted by atomic mass is 9.85. The minimum atomic E-state index is 0.580. The Morgan fingerprint density at radius 2 is 2.33 bits per heavy atom. The van der Waals surface area contributed by atoms with Crippen LogP contribution in [0.4, 0.5) is 0 Å². The first kappa shape index (κ1) is 8.71. The van der Waals surface area contributed by atoms with Crippen LogP contribution in [0.2, 0.25) is 0 Å². The van der Waals surface area contributed by atoms with E-state index in [1.165, 1.54) is 19.3 Å². The van der Waals surface area contributed by atoms with Crippen molar-refractivity contribution in [3.05, 3.63) is 24.2 Å². The molecule has 2 aromatic heterocycles. The molecule has 4 heteroatoms. The molecule has 3 rings (SSSR count). The van der Waals surface area contributed by atoms with Gasteiger partial charge in [0.15, 0.2) is 11.5 Å². The smallest absolute Gasteiger partial charge is 0.159 e. The van der Waals surface area contributed by atoms with Crippen LogP contribution in [-0.2, 0) is 0 Å². The van der Waals surface area contributed by atoms with Gasteiger partial charge >= 0.3 is 0 Å². The number of ether oxygens (including phenoxy) is 1. The number of pyridine rings is 1. The average Bonchev–Trinajstić information content (AvgIpc) is 2.56. The van der Waals surface area contributed by atoms with Gasteiger partial charge in [0.1, 0.15) is 5.75 Å². The molecule has 0 spiro atoms. The molecular formula is C11H13N3O. The first-order chi connectivity index (χ1) is 7.36. The van der Waals surface area contributed by atoms with Gasteiger partial charge in [0.25, 0.3) is 0 Å². The monoisotopic (exact) mass is 203 g/mol. The zero-order valence-electron chi connectivity index (χ0n) is 8.68. The van der Waals surface area contributed by atoms with Crippen molar-refractivity contribution in [2.75, 3.05) is 7.11 Å². The molecule has 0 radical (unpaired) electrons. The highest BCUT2D eigenvalue weighted by atomic mass is 16.5. The second-order valence-corrected chi connectivity index (χ2v) is 3.97. The predicted molar refractivity (Wildman–Crippen MR) is 56.1 cm³/mol. The highest BCUT2D eigenvalue weighted by Crippen LogP contribution is 2.34. The summed E-state index contributed by atoms with van der Waals surface area (Å²) in [6, 6.07) is 3.81. The SMILES string of the molecule is COc1ccn2nc(C3CCC3)nc2c1. The number of fused-ring (bicyclic) bond motifs is 1. The summed E-state index contributed by atoms with van der Waals surface area (Å²) in [6.45, 7) is 0. The number of methoxy groups -OCH3 is 1. The van der Waals surface area contributed by atoms with E-state index in [-0.39, 0.29) is 0 Å². The third-order valence-corrected chi connectivity index (χ3v) is 3.03. The Labute approximate surface area is 87.9 Å². The molecule has 2 aromatic rings.